The first-order valence-electron chi connectivity index (χ1n) is 6.00. The lowest BCUT2D eigenvalue weighted by molar-refractivity contribution is 0.633. The van der Waals surface area contributed by atoms with E-state index in [9.17, 15) is 0 Å². The van der Waals surface area contributed by atoms with Crippen molar-refractivity contribution in [3.63, 3.8) is 0 Å². The van der Waals surface area contributed by atoms with Crippen molar-refractivity contribution < 1.29 is 0 Å². The topological polar surface area (TPSA) is 56.7 Å². The minimum Gasteiger partial charge on any atom is -0.399 e. The van der Waals surface area contributed by atoms with Crippen LogP contribution in [0.25, 0.3) is 0 Å². The highest BCUT2D eigenvalue weighted by Gasteiger charge is 2.03. The maximum atomic E-state index is 5.65. The average Bonchev–Trinajstić information content (AvgIpc) is 2.77. The highest BCUT2D eigenvalue weighted by molar-refractivity contribution is 5.39. The summed E-state index contributed by atoms with van der Waals surface area (Å²) in [6, 6.07) is 8.00. The Morgan fingerprint density at radius 3 is 2.65 bits per heavy atom. The number of aromatic nitrogens is 3. The van der Waals surface area contributed by atoms with Crippen LogP contribution >= 0.6 is 0 Å². The molecule has 0 fully saturated rings. The Morgan fingerprint density at radius 2 is 1.94 bits per heavy atom. The van der Waals surface area contributed by atoms with Gasteiger partial charge >= 0.3 is 0 Å². The van der Waals surface area contributed by atoms with Gasteiger partial charge in [0.25, 0.3) is 0 Å². The predicted octanol–water partition coefficient (Wildman–Crippen LogP) is 2.06. The van der Waals surface area contributed by atoms with Crippen LogP contribution in [0.1, 0.15) is 24.7 Å². The maximum absolute atomic E-state index is 5.65. The Bertz CT molecular complexity index is 459. The molecule has 0 spiro atoms. The molecule has 0 atom stereocenters. The smallest absolute Gasteiger partial charge is 0.133 e. The van der Waals surface area contributed by atoms with E-state index in [4.69, 9.17) is 5.73 Å². The van der Waals surface area contributed by atoms with Crippen molar-refractivity contribution in [2.75, 3.05) is 5.73 Å². The number of nitrogen functional groups attached to an aromatic ring is 1. The third-order valence-electron chi connectivity index (χ3n) is 2.78. The van der Waals surface area contributed by atoms with Crippen molar-refractivity contribution in [1.29, 1.82) is 0 Å². The van der Waals surface area contributed by atoms with Gasteiger partial charge in [-0.25, -0.2) is 0 Å². The molecular weight excluding hydrogens is 212 g/mol. The van der Waals surface area contributed by atoms with E-state index in [1.165, 1.54) is 5.56 Å². The lowest BCUT2D eigenvalue weighted by Gasteiger charge is -2.05. The predicted molar refractivity (Wildman–Crippen MR) is 68.6 cm³/mol. The molecule has 0 unspecified atom stereocenters. The fraction of sp³-hybridized carbons (Fsp3) is 0.385. The van der Waals surface area contributed by atoms with E-state index in [2.05, 4.69) is 33.8 Å². The van der Waals surface area contributed by atoms with Crippen LogP contribution in [0.4, 0.5) is 5.69 Å². The number of hydrogen-bond donors (Lipinski definition) is 1. The second-order valence-corrected chi connectivity index (χ2v) is 4.18. The molecule has 2 N–H and O–H groups in total. The van der Waals surface area contributed by atoms with Gasteiger partial charge in [0.1, 0.15) is 12.2 Å². The molecule has 2 rings (SSSR count). The van der Waals surface area contributed by atoms with Crippen molar-refractivity contribution >= 4 is 5.69 Å². The number of nitrogens with zero attached hydrogens (tertiary/aromatic N) is 3. The molecular formula is C13H18N4. The third kappa shape index (κ3) is 3.06. The second-order valence-electron chi connectivity index (χ2n) is 4.18. The number of anilines is 1. The molecule has 0 amide bonds. The molecule has 17 heavy (non-hydrogen) atoms. The van der Waals surface area contributed by atoms with Crippen LogP contribution in [0.3, 0.4) is 0 Å². The van der Waals surface area contributed by atoms with Gasteiger partial charge < -0.3 is 10.3 Å². The summed E-state index contributed by atoms with van der Waals surface area (Å²) in [4.78, 5) is 0. The van der Waals surface area contributed by atoms with Crippen molar-refractivity contribution in [3.05, 3.63) is 42.0 Å². The molecule has 0 saturated carbocycles. The standard InChI is InChI=1S/C13H18N4/c1-2-9-17-10-15-16-13(17)8-5-11-3-6-12(14)7-4-11/h3-4,6-7,10H,2,5,8-9,14H2,1H3. The van der Waals surface area contributed by atoms with Crippen molar-refractivity contribution in [2.45, 2.75) is 32.7 Å². The van der Waals surface area contributed by atoms with Crippen LogP contribution in [0.2, 0.25) is 0 Å². The highest BCUT2D eigenvalue weighted by atomic mass is 15.3. The Kier molecular flexibility index (Phi) is 3.75. The van der Waals surface area contributed by atoms with E-state index in [1.54, 1.807) is 0 Å². The largest absolute Gasteiger partial charge is 0.399 e. The van der Waals surface area contributed by atoms with Crippen LogP contribution in [-0.2, 0) is 19.4 Å². The Hall–Kier alpha value is -1.84. The van der Waals surface area contributed by atoms with Crippen LogP contribution in [-0.4, -0.2) is 14.8 Å². The Labute approximate surface area is 101 Å². The van der Waals surface area contributed by atoms with Crippen LogP contribution in [0.15, 0.2) is 30.6 Å². The van der Waals surface area contributed by atoms with E-state index < -0.39 is 0 Å². The normalized spacial score (nSPS) is 10.6. The zero-order valence-corrected chi connectivity index (χ0v) is 10.1. The molecule has 2 aromatic rings. The van der Waals surface area contributed by atoms with Crippen molar-refractivity contribution in [3.8, 4) is 0 Å². The lowest BCUT2D eigenvalue weighted by Crippen LogP contribution is -2.04. The average molecular weight is 230 g/mol. The second kappa shape index (κ2) is 5.48. The number of benzene rings is 1. The van der Waals surface area contributed by atoms with E-state index in [0.29, 0.717) is 0 Å². The first kappa shape index (κ1) is 11.6. The van der Waals surface area contributed by atoms with Crippen LogP contribution < -0.4 is 5.73 Å². The molecule has 1 aromatic heterocycles. The van der Waals surface area contributed by atoms with Gasteiger partial charge in [0.15, 0.2) is 0 Å². The minimum absolute atomic E-state index is 0.808. The molecule has 0 saturated heterocycles. The van der Waals surface area contributed by atoms with Gasteiger partial charge in [0.05, 0.1) is 0 Å². The molecule has 4 nitrogen and oxygen atoms in total. The fourth-order valence-corrected chi connectivity index (χ4v) is 1.84. The molecule has 1 heterocycles. The monoisotopic (exact) mass is 230 g/mol. The molecule has 4 heteroatoms. The summed E-state index contributed by atoms with van der Waals surface area (Å²) in [7, 11) is 0. The summed E-state index contributed by atoms with van der Waals surface area (Å²) >= 11 is 0. The first-order valence-corrected chi connectivity index (χ1v) is 6.00. The Morgan fingerprint density at radius 1 is 1.18 bits per heavy atom. The van der Waals surface area contributed by atoms with Gasteiger partial charge in [-0.2, -0.15) is 0 Å². The fourth-order valence-electron chi connectivity index (χ4n) is 1.84. The SMILES string of the molecule is CCCn1cnnc1CCc1ccc(N)cc1. The summed E-state index contributed by atoms with van der Waals surface area (Å²) in [5.74, 6) is 1.06. The van der Waals surface area contributed by atoms with Gasteiger partial charge in [0, 0.05) is 18.7 Å². The number of nitrogens with two attached hydrogens (primary N) is 1. The van der Waals surface area contributed by atoms with Crippen molar-refractivity contribution in [2.24, 2.45) is 0 Å². The molecule has 0 aliphatic heterocycles. The van der Waals surface area contributed by atoms with Crippen molar-refractivity contribution in [1.82, 2.24) is 14.8 Å². The lowest BCUT2D eigenvalue weighted by atomic mass is 10.1. The van der Waals surface area contributed by atoms with Gasteiger partial charge in [-0.1, -0.05) is 19.1 Å². The highest BCUT2D eigenvalue weighted by Crippen LogP contribution is 2.09. The third-order valence-corrected chi connectivity index (χ3v) is 2.78. The zero-order chi connectivity index (χ0) is 12.1. The summed E-state index contributed by atoms with van der Waals surface area (Å²) in [5, 5.41) is 8.12. The van der Waals surface area contributed by atoms with Crippen LogP contribution in [0.5, 0.6) is 0 Å². The number of rotatable bonds is 5. The summed E-state index contributed by atoms with van der Waals surface area (Å²) in [6.45, 7) is 3.15. The van der Waals surface area contributed by atoms with E-state index in [1.807, 2.05) is 18.5 Å². The zero-order valence-electron chi connectivity index (χ0n) is 10.1. The molecule has 0 aliphatic rings. The number of aryl methyl sites for hydroxylation is 3. The summed E-state index contributed by atoms with van der Waals surface area (Å²) < 4.78 is 2.12. The van der Waals surface area contributed by atoms with E-state index in [-0.39, 0.29) is 0 Å². The Balaban J connectivity index is 1.97. The quantitative estimate of drug-likeness (QED) is 0.800. The molecule has 90 valence electrons. The van der Waals surface area contributed by atoms with Gasteiger partial charge in [0.2, 0.25) is 0 Å². The molecule has 0 radical (unpaired) electrons. The van der Waals surface area contributed by atoms with E-state index >= 15 is 0 Å². The minimum atomic E-state index is 0.808. The van der Waals surface area contributed by atoms with Gasteiger partial charge in [-0.05, 0) is 30.5 Å². The summed E-state index contributed by atoms with van der Waals surface area (Å²) in [6.07, 6.45) is 4.81. The van der Waals surface area contributed by atoms with E-state index in [0.717, 1.165) is 37.3 Å². The van der Waals surface area contributed by atoms with Gasteiger partial charge in [-0.15, -0.1) is 10.2 Å². The first-order chi connectivity index (χ1) is 8.29. The van der Waals surface area contributed by atoms with Gasteiger partial charge in [-0.3, -0.25) is 0 Å². The molecule has 0 bridgehead atoms. The van der Waals surface area contributed by atoms with Crippen LogP contribution in [0, 0.1) is 0 Å². The summed E-state index contributed by atoms with van der Waals surface area (Å²) in [5.41, 5.74) is 7.75. The number of hydrogen-bond acceptors (Lipinski definition) is 3. The molecule has 0 aliphatic carbocycles. The maximum Gasteiger partial charge on any atom is 0.133 e. The molecule has 1 aromatic carbocycles.